The van der Waals surface area contributed by atoms with Crippen LogP contribution in [0.15, 0.2) is 0 Å². The fraction of sp³-hybridized carbons (Fsp3) is 1.00. The predicted octanol–water partition coefficient (Wildman–Crippen LogP) is 21.7. The van der Waals surface area contributed by atoms with E-state index in [0.29, 0.717) is 0 Å². The van der Waals surface area contributed by atoms with Crippen molar-refractivity contribution < 1.29 is 0 Å². The summed E-state index contributed by atoms with van der Waals surface area (Å²) in [6, 6.07) is 0. The van der Waals surface area contributed by atoms with Crippen LogP contribution < -0.4 is 0 Å². The first kappa shape index (κ1) is 53.8. The van der Waals surface area contributed by atoms with Crippen molar-refractivity contribution in [1.82, 2.24) is 0 Å². The second-order valence-corrected chi connectivity index (χ2v) is 28.6. The molecule has 0 aromatic heterocycles. The minimum absolute atomic E-state index is 1.02. The van der Waals surface area contributed by atoms with E-state index in [-0.39, 0.29) is 0 Å². The lowest BCUT2D eigenvalue weighted by atomic mass is 9.67. The van der Waals surface area contributed by atoms with Gasteiger partial charge in [0.05, 0.1) is 0 Å². The molecule has 0 heteroatoms. The second kappa shape index (κ2) is 28.9. The van der Waals surface area contributed by atoms with Gasteiger partial charge < -0.3 is 0 Å². The molecule has 0 nitrogen and oxygen atoms in total. The van der Waals surface area contributed by atoms with Crippen molar-refractivity contribution in [2.45, 2.75) is 311 Å². The van der Waals surface area contributed by atoms with Gasteiger partial charge in [0.25, 0.3) is 0 Å². The van der Waals surface area contributed by atoms with Crippen molar-refractivity contribution >= 4 is 0 Å². The van der Waals surface area contributed by atoms with Crippen LogP contribution in [0.5, 0.6) is 0 Å². The molecule has 0 aromatic carbocycles. The van der Waals surface area contributed by atoms with E-state index in [1.165, 1.54) is 96.3 Å². The monoisotopic (exact) mass is 913 g/mol. The van der Waals surface area contributed by atoms with Crippen LogP contribution in [0.25, 0.3) is 0 Å². The molecule has 0 bridgehead atoms. The highest BCUT2D eigenvalue weighted by atomic mass is 14.4. The average molecular weight is 914 g/mol. The zero-order chi connectivity index (χ0) is 46.1. The Morgan fingerprint density at radius 2 is 0.318 bits per heavy atom. The van der Waals surface area contributed by atoms with Crippen LogP contribution in [0.1, 0.15) is 311 Å². The Labute approximate surface area is 415 Å². The molecular formula is C66H120. The Balaban J connectivity index is 0.000000153. The summed E-state index contributed by atoms with van der Waals surface area (Å²) < 4.78 is 0. The Morgan fingerprint density at radius 3 is 0.515 bits per heavy atom. The molecule has 9 aliphatic carbocycles. The summed E-state index contributed by atoms with van der Waals surface area (Å²) in [5.41, 5.74) is 0. The van der Waals surface area contributed by atoms with Crippen LogP contribution in [-0.2, 0) is 0 Å². The lowest BCUT2D eigenvalue weighted by molar-refractivity contribution is 0.129. The highest BCUT2D eigenvalue weighted by Gasteiger charge is 2.33. The number of hydrogen-bond acceptors (Lipinski definition) is 0. The molecule has 0 unspecified atom stereocenters. The summed E-state index contributed by atoms with van der Waals surface area (Å²) >= 11 is 0. The highest BCUT2D eigenvalue weighted by molar-refractivity contribution is 4.85. The molecule has 9 fully saturated rings. The van der Waals surface area contributed by atoms with Gasteiger partial charge in [-0.15, -0.1) is 0 Å². The Bertz CT molecular complexity index is 1160. The van der Waals surface area contributed by atoms with Gasteiger partial charge >= 0.3 is 0 Å². The standard InChI is InChI=1S/C28H50.C22H40.C16H30/c1-21-3-7-23(8-4-21)19-24-9-11-25(12-10-24)20-26-13-17-28(18-14-26)27-15-5-22(2)6-16-27;1-17-3-7-19(8-4-17)15-21-11-13-22(14-12-21)16-20-9-5-18(2)6-10-20;1-3-14-8-10-16(11-9-14)12-15-6-4-13(2)5-7-15/h21-28H,3-20H2,1-2H3;17-22H,3-16H2,1-2H3;13-16H,3-12H2,1-2H3. The van der Waals surface area contributed by atoms with E-state index in [1.54, 1.807) is 173 Å². The van der Waals surface area contributed by atoms with Crippen LogP contribution in [0.2, 0.25) is 0 Å². The first-order valence-corrected chi connectivity index (χ1v) is 32.1. The maximum absolute atomic E-state index is 2.47. The summed E-state index contributed by atoms with van der Waals surface area (Å²) in [4.78, 5) is 0. The molecule has 66 heavy (non-hydrogen) atoms. The Morgan fingerprint density at radius 1 is 0.182 bits per heavy atom. The normalized spacial score (nSPS) is 43.9. The van der Waals surface area contributed by atoms with Gasteiger partial charge in [-0.1, -0.05) is 253 Å². The van der Waals surface area contributed by atoms with Gasteiger partial charge in [0.15, 0.2) is 0 Å². The Hall–Kier alpha value is 0. The topological polar surface area (TPSA) is 0 Å². The molecular weight excluding hydrogens is 793 g/mol. The molecule has 0 aromatic rings. The molecule has 9 rings (SSSR count). The summed E-state index contributed by atoms with van der Waals surface area (Å²) in [5.74, 6) is 19.3. The molecule has 9 aliphatic rings. The predicted molar refractivity (Wildman–Crippen MR) is 291 cm³/mol. The van der Waals surface area contributed by atoms with E-state index >= 15 is 0 Å². The maximum Gasteiger partial charge on any atom is -0.0386 e. The van der Waals surface area contributed by atoms with Crippen LogP contribution in [-0.4, -0.2) is 0 Å². The average Bonchev–Trinajstić information content (AvgIpc) is 3.34. The van der Waals surface area contributed by atoms with E-state index in [2.05, 4.69) is 41.5 Å². The lowest BCUT2D eigenvalue weighted by Gasteiger charge is -2.39. The summed E-state index contributed by atoms with van der Waals surface area (Å²) in [7, 11) is 0. The molecule has 9 saturated carbocycles. The van der Waals surface area contributed by atoms with Gasteiger partial charge in [-0.2, -0.15) is 0 Å². The minimum Gasteiger partial charge on any atom is -0.0651 e. The molecule has 0 aliphatic heterocycles. The van der Waals surface area contributed by atoms with E-state index in [4.69, 9.17) is 0 Å². The van der Waals surface area contributed by atoms with Crippen LogP contribution in [0.3, 0.4) is 0 Å². The molecule has 0 atom stereocenters. The van der Waals surface area contributed by atoms with Gasteiger partial charge in [-0.3, -0.25) is 0 Å². The van der Waals surface area contributed by atoms with Crippen molar-refractivity contribution in [2.75, 3.05) is 0 Å². The van der Waals surface area contributed by atoms with E-state index in [0.717, 1.165) is 107 Å². The Kier molecular flexibility index (Phi) is 23.5. The molecule has 0 spiro atoms. The summed E-state index contributed by atoms with van der Waals surface area (Å²) in [6.07, 6.45) is 65.0. The lowest BCUT2D eigenvalue weighted by Crippen LogP contribution is -2.27. The fourth-order valence-corrected chi connectivity index (χ4v) is 17.6. The summed E-state index contributed by atoms with van der Waals surface area (Å²) in [5, 5.41) is 0. The highest BCUT2D eigenvalue weighted by Crippen LogP contribution is 2.46. The van der Waals surface area contributed by atoms with Crippen molar-refractivity contribution in [3.8, 4) is 0 Å². The molecule has 0 N–H and O–H groups in total. The van der Waals surface area contributed by atoms with Gasteiger partial charge in [0.2, 0.25) is 0 Å². The van der Waals surface area contributed by atoms with Crippen LogP contribution >= 0.6 is 0 Å². The second-order valence-electron chi connectivity index (χ2n) is 28.6. The van der Waals surface area contributed by atoms with Gasteiger partial charge in [-0.25, -0.2) is 0 Å². The molecule has 0 heterocycles. The van der Waals surface area contributed by atoms with Gasteiger partial charge in [0, 0.05) is 0 Å². The summed E-state index contributed by atoms with van der Waals surface area (Å²) in [6.45, 7) is 14.6. The largest absolute Gasteiger partial charge is 0.0651 e. The van der Waals surface area contributed by atoms with Gasteiger partial charge in [-0.05, 0) is 164 Å². The maximum atomic E-state index is 2.47. The number of hydrogen-bond donors (Lipinski definition) is 0. The third-order valence-electron chi connectivity index (χ3n) is 23.0. The van der Waals surface area contributed by atoms with E-state index < -0.39 is 0 Å². The van der Waals surface area contributed by atoms with E-state index in [9.17, 15) is 0 Å². The van der Waals surface area contributed by atoms with Crippen LogP contribution in [0.4, 0.5) is 0 Å². The van der Waals surface area contributed by atoms with Crippen LogP contribution in [0, 0.1) is 107 Å². The van der Waals surface area contributed by atoms with E-state index in [1.807, 2.05) is 0 Å². The quantitative estimate of drug-likeness (QED) is 0.183. The first-order chi connectivity index (χ1) is 32.1. The molecule has 384 valence electrons. The smallest absolute Gasteiger partial charge is 0.0386 e. The van der Waals surface area contributed by atoms with Gasteiger partial charge in [0.1, 0.15) is 0 Å². The molecule has 0 saturated heterocycles. The van der Waals surface area contributed by atoms with Crippen molar-refractivity contribution in [3.05, 3.63) is 0 Å². The van der Waals surface area contributed by atoms with Crippen molar-refractivity contribution in [2.24, 2.45) is 107 Å². The molecule has 0 radical (unpaired) electrons. The SMILES string of the molecule is CC1CCC(CC2CCC(CC3CCC(C)CC3)CC2)CC1.CC1CCC(CC2CCC(CC3CCC(C4CCC(C)CC4)CC3)CC2)CC1.CCC1CCC(CC2CCC(C)CC2)CC1. The van der Waals surface area contributed by atoms with Crippen molar-refractivity contribution in [1.29, 1.82) is 0 Å². The minimum atomic E-state index is 1.02. The molecule has 0 amide bonds. The van der Waals surface area contributed by atoms with Crippen molar-refractivity contribution in [3.63, 3.8) is 0 Å². The number of rotatable bonds is 12. The third-order valence-corrected chi connectivity index (χ3v) is 23.0. The first-order valence-electron chi connectivity index (χ1n) is 32.1. The zero-order valence-corrected chi connectivity index (χ0v) is 46.1. The third kappa shape index (κ3) is 18.9. The fourth-order valence-electron chi connectivity index (χ4n) is 17.6. The zero-order valence-electron chi connectivity index (χ0n) is 46.1.